The van der Waals surface area contributed by atoms with Gasteiger partial charge in [0.15, 0.2) is 0 Å². The summed E-state index contributed by atoms with van der Waals surface area (Å²) in [5.74, 6) is -0.558. The predicted molar refractivity (Wildman–Crippen MR) is 121 cm³/mol. The quantitative estimate of drug-likeness (QED) is 0.476. The molecule has 10 heteroatoms. The van der Waals surface area contributed by atoms with E-state index >= 15 is 0 Å². The van der Waals surface area contributed by atoms with Gasteiger partial charge in [-0.1, -0.05) is 54.1 Å². The molecule has 6 nitrogen and oxygen atoms in total. The first kappa shape index (κ1) is 24.6. The van der Waals surface area contributed by atoms with E-state index in [-0.39, 0.29) is 10.6 Å². The number of carbonyl (C=O) groups is 1. The van der Waals surface area contributed by atoms with Crippen molar-refractivity contribution in [2.24, 2.45) is 0 Å². The number of sulfonamides is 1. The maximum absolute atomic E-state index is 12.8. The van der Waals surface area contributed by atoms with Gasteiger partial charge in [-0.15, -0.1) is 0 Å². The summed E-state index contributed by atoms with van der Waals surface area (Å²) >= 11 is 5.82. The molecule has 3 aromatic carbocycles. The predicted octanol–water partition coefficient (Wildman–Crippen LogP) is 4.47. The number of rotatable bonds is 9. The van der Waals surface area contributed by atoms with E-state index in [1.54, 1.807) is 36.4 Å². The van der Waals surface area contributed by atoms with Gasteiger partial charge >= 0.3 is 6.61 Å². The Hall–Kier alpha value is -3.01. The first-order chi connectivity index (χ1) is 15.7. The lowest BCUT2D eigenvalue weighted by atomic mass is 9.98. The summed E-state index contributed by atoms with van der Waals surface area (Å²) in [6.07, 6.45) is 0. The summed E-state index contributed by atoms with van der Waals surface area (Å²) < 4.78 is 55.7. The number of likely N-dealkylation sites (N-methyl/N-ethyl adjacent to an activating group) is 1. The van der Waals surface area contributed by atoms with Crippen LogP contribution in [-0.4, -0.2) is 38.8 Å². The van der Waals surface area contributed by atoms with Gasteiger partial charge in [0.2, 0.25) is 15.9 Å². The maximum Gasteiger partial charge on any atom is 0.387 e. The van der Waals surface area contributed by atoms with Crippen molar-refractivity contribution in [1.82, 2.24) is 9.62 Å². The molecule has 0 spiro atoms. The molecule has 1 atom stereocenters. The average Bonchev–Trinajstić information content (AvgIpc) is 2.78. The van der Waals surface area contributed by atoms with Crippen LogP contribution < -0.4 is 10.1 Å². The summed E-state index contributed by atoms with van der Waals surface area (Å²) in [6.45, 7) is -3.38. The van der Waals surface area contributed by atoms with Crippen LogP contribution in [0.25, 0.3) is 0 Å². The molecule has 1 unspecified atom stereocenters. The lowest BCUT2D eigenvalue weighted by Gasteiger charge is -2.22. The average molecular weight is 495 g/mol. The number of alkyl halides is 2. The highest BCUT2D eigenvalue weighted by molar-refractivity contribution is 7.89. The Bertz CT molecular complexity index is 1180. The van der Waals surface area contributed by atoms with Gasteiger partial charge in [0.05, 0.1) is 17.5 Å². The summed E-state index contributed by atoms with van der Waals surface area (Å²) in [4.78, 5) is 12.8. The zero-order valence-corrected chi connectivity index (χ0v) is 19.1. The van der Waals surface area contributed by atoms with Gasteiger partial charge in [-0.3, -0.25) is 4.79 Å². The molecule has 1 amide bonds. The number of hydrogen-bond acceptors (Lipinski definition) is 4. The fourth-order valence-electron chi connectivity index (χ4n) is 3.13. The Kier molecular flexibility index (Phi) is 8.01. The second kappa shape index (κ2) is 10.7. The van der Waals surface area contributed by atoms with Crippen molar-refractivity contribution in [2.45, 2.75) is 17.5 Å². The van der Waals surface area contributed by atoms with E-state index in [1.165, 1.54) is 43.4 Å². The summed E-state index contributed by atoms with van der Waals surface area (Å²) in [5, 5.41) is 3.21. The zero-order chi connectivity index (χ0) is 24.0. The Morgan fingerprint density at radius 1 is 0.970 bits per heavy atom. The number of nitrogens with zero attached hydrogens (tertiary/aromatic N) is 1. The number of amides is 1. The van der Waals surface area contributed by atoms with E-state index in [0.29, 0.717) is 10.6 Å². The monoisotopic (exact) mass is 494 g/mol. The largest absolute Gasteiger partial charge is 0.435 e. The molecule has 0 aliphatic rings. The molecule has 0 fully saturated rings. The minimum Gasteiger partial charge on any atom is -0.435 e. The number of carbonyl (C=O) groups excluding carboxylic acids is 1. The standard InChI is InChI=1S/C23H21ClF2N2O4S/c1-28(33(30,31)20-13-9-18(24)10-14-20)15-21(29)27-22(16-5-3-2-4-6-16)17-7-11-19(12-8-17)32-23(25)26/h2-14,22-23H,15H2,1H3,(H,27,29). The van der Waals surface area contributed by atoms with E-state index in [4.69, 9.17) is 11.6 Å². The number of halogens is 3. The van der Waals surface area contributed by atoms with Crippen LogP contribution in [0.2, 0.25) is 5.02 Å². The van der Waals surface area contributed by atoms with Gasteiger partial charge in [0.1, 0.15) is 5.75 Å². The molecule has 0 aromatic heterocycles. The van der Waals surface area contributed by atoms with Crippen molar-refractivity contribution in [1.29, 1.82) is 0 Å². The molecule has 1 N–H and O–H groups in total. The zero-order valence-electron chi connectivity index (χ0n) is 17.5. The van der Waals surface area contributed by atoms with Crippen LogP contribution in [0.5, 0.6) is 5.75 Å². The second-order valence-electron chi connectivity index (χ2n) is 7.07. The third-order valence-corrected chi connectivity index (χ3v) is 6.83. The van der Waals surface area contributed by atoms with Crippen LogP contribution in [0.4, 0.5) is 8.78 Å². The van der Waals surface area contributed by atoms with Crippen molar-refractivity contribution < 1.29 is 26.7 Å². The smallest absolute Gasteiger partial charge is 0.387 e. The first-order valence-corrected chi connectivity index (χ1v) is 11.6. The SMILES string of the molecule is CN(CC(=O)NC(c1ccccc1)c1ccc(OC(F)F)cc1)S(=O)(=O)c1ccc(Cl)cc1. The van der Waals surface area contributed by atoms with Crippen molar-refractivity contribution in [3.63, 3.8) is 0 Å². The molecule has 0 aliphatic heterocycles. The molecule has 3 rings (SSSR count). The highest BCUT2D eigenvalue weighted by atomic mass is 35.5. The number of hydrogen-bond donors (Lipinski definition) is 1. The van der Waals surface area contributed by atoms with Crippen molar-refractivity contribution >= 4 is 27.5 Å². The molecule has 0 bridgehead atoms. The van der Waals surface area contributed by atoms with Crippen LogP contribution in [-0.2, 0) is 14.8 Å². The molecule has 0 saturated heterocycles. The maximum atomic E-state index is 12.8. The normalized spacial score (nSPS) is 12.5. The highest BCUT2D eigenvalue weighted by Crippen LogP contribution is 2.25. The molecule has 33 heavy (non-hydrogen) atoms. The fourth-order valence-corrected chi connectivity index (χ4v) is 4.38. The fraction of sp³-hybridized carbons (Fsp3) is 0.174. The lowest BCUT2D eigenvalue weighted by molar-refractivity contribution is -0.121. The molecular weight excluding hydrogens is 474 g/mol. The van der Waals surface area contributed by atoms with Gasteiger partial charge in [0.25, 0.3) is 0 Å². The number of ether oxygens (including phenoxy) is 1. The van der Waals surface area contributed by atoms with Gasteiger partial charge in [-0.2, -0.15) is 13.1 Å². The Labute approximate surface area is 195 Å². The molecule has 0 radical (unpaired) electrons. The summed E-state index contributed by atoms with van der Waals surface area (Å²) in [7, 11) is -2.60. The topological polar surface area (TPSA) is 75.7 Å². The Morgan fingerprint density at radius 3 is 2.12 bits per heavy atom. The van der Waals surface area contributed by atoms with Gasteiger partial charge in [-0.25, -0.2) is 8.42 Å². The second-order valence-corrected chi connectivity index (χ2v) is 9.56. The van der Waals surface area contributed by atoms with Gasteiger partial charge in [-0.05, 0) is 47.5 Å². The third-order valence-electron chi connectivity index (χ3n) is 4.76. The first-order valence-electron chi connectivity index (χ1n) is 9.78. The molecule has 0 aliphatic carbocycles. The minimum atomic E-state index is -3.91. The van der Waals surface area contributed by atoms with E-state index in [9.17, 15) is 22.0 Å². The van der Waals surface area contributed by atoms with Crippen molar-refractivity contribution in [2.75, 3.05) is 13.6 Å². The van der Waals surface area contributed by atoms with Crippen molar-refractivity contribution in [3.05, 3.63) is 95.0 Å². The summed E-state index contributed by atoms with van der Waals surface area (Å²) in [6, 6.07) is 19.9. The van der Waals surface area contributed by atoms with Crippen molar-refractivity contribution in [3.8, 4) is 5.75 Å². The molecule has 3 aromatic rings. The van der Waals surface area contributed by atoms with E-state index in [0.717, 1.165) is 9.87 Å². The number of benzene rings is 3. The van der Waals surface area contributed by atoms with Crippen LogP contribution in [0, 0.1) is 0 Å². The summed E-state index contributed by atoms with van der Waals surface area (Å²) in [5.41, 5.74) is 1.34. The number of nitrogens with one attached hydrogen (secondary N) is 1. The highest BCUT2D eigenvalue weighted by Gasteiger charge is 2.25. The Morgan fingerprint density at radius 2 is 1.55 bits per heavy atom. The third kappa shape index (κ3) is 6.50. The van der Waals surface area contributed by atoms with Crippen LogP contribution in [0.15, 0.2) is 83.8 Å². The lowest BCUT2D eigenvalue weighted by Crippen LogP contribution is -2.40. The van der Waals surface area contributed by atoms with E-state index < -0.39 is 35.1 Å². The van der Waals surface area contributed by atoms with E-state index in [1.807, 2.05) is 6.07 Å². The molecule has 174 valence electrons. The molecular formula is C23H21ClF2N2O4S. The van der Waals surface area contributed by atoms with Gasteiger partial charge in [0, 0.05) is 12.1 Å². The Balaban J connectivity index is 1.78. The van der Waals surface area contributed by atoms with E-state index in [2.05, 4.69) is 10.1 Å². The molecule has 0 saturated carbocycles. The molecule has 0 heterocycles. The van der Waals surface area contributed by atoms with Crippen LogP contribution >= 0.6 is 11.6 Å². The minimum absolute atomic E-state index is 0.0106. The van der Waals surface area contributed by atoms with Crippen LogP contribution in [0.1, 0.15) is 17.2 Å². The van der Waals surface area contributed by atoms with Gasteiger partial charge < -0.3 is 10.1 Å². The van der Waals surface area contributed by atoms with Crippen LogP contribution in [0.3, 0.4) is 0 Å².